The number of hydrogen-bond acceptors (Lipinski definition) is 6. The molecule has 0 radical (unpaired) electrons. The lowest BCUT2D eigenvalue weighted by atomic mass is 10.1. The van der Waals surface area contributed by atoms with Gasteiger partial charge in [0, 0.05) is 34.9 Å². The summed E-state index contributed by atoms with van der Waals surface area (Å²) in [6.45, 7) is 1.31. The molecule has 31 heavy (non-hydrogen) atoms. The number of rotatable bonds is 8. The Hall–Kier alpha value is -3.30. The minimum atomic E-state index is -2.62. The first-order valence-corrected chi connectivity index (χ1v) is 9.94. The zero-order valence-corrected chi connectivity index (χ0v) is 17.1. The third kappa shape index (κ3) is 4.28. The molecule has 0 spiro atoms. The Morgan fingerprint density at radius 2 is 2.10 bits per heavy atom. The van der Waals surface area contributed by atoms with Crippen LogP contribution in [0.1, 0.15) is 47.3 Å². The Balaban J connectivity index is 1.55. The van der Waals surface area contributed by atoms with Gasteiger partial charge in [-0.3, -0.25) is 9.59 Å². The molecule has 164 valence electrons. The number of ether oxygens (including phenoxy) is 2. The van der Waals surface area contributed by atoms with Gasteiger partial charge >= 0.3 is 0 Å². The number of nitrogens with zero attached hydrogens (tertiary/aromatic N) is 3. The first-order valence-electron chi connectivity index (χ1n) is 9.94. The van der Waals surface area contributed by atoms with E-state index in [4.69, 9.17) is 9.47 Å². The first-order chi connectivity index (χ1) is 14.9. The van der Waals surface area contributed by atoms with Gasteiger partial charge in [0.1, 0.15) is 5.82 Å². The highest BCUT2D eigenvalue weighted by Gasteiger charge is 2.36. The fraction of sp³-hybridized carbons (Fsp3) is 0.429. The van der Waals surface area contributed by atoms with Crippen LogP contribution in [-0.2, 0) is 11.3 Å². The van der Waals surface area contributed by atoms with Crippen molar-refractivity contribution in [2.24, 2.45) is 5.92 Å². The quantitative estimate of drug-likeness (QED) is 0.689. The molecular weight excluding hydrogens is 410 g/mol. The van der Waals surface area contributed by atoms with Gasteiger partial charge in [-0.2, -0.15) is 4.98 Å². The van der Waals surface area contributed by atoms with Crippen molar-refractivity contribution in [1.82, 2.24) is 14.9 Å². The molecule has 1 fully saturated rings. The van der Waals surface area contributed by atoms with Gasteiger partial charge in [0.05, 0.1) is 19.7 Å². The molecule has 1 atom stereocenters. The number of amides is 2. The molecule has 0 aromatic carbocycles. The van der Waals surface area contributed by atoms with Crippen LogP contribution < -0.4 is 14.8 Å². The van der Waals surface area contributed by atoms with E-state index >= 15 is 0 Å². The van der Waals surface area contributed by atoms with E-state index in [1.54, 1.807) is 17.0 Å². The number of carbonyl (C=O) groups is 2. The predicted molar refractivity (Wildman–Crippen MR) is 106 cm³/mol. The lowest BCUT2D eigenvalue weighted by Gasteiger charge is -2.25. The Bertz CT molecular complexity index is 1010. The number of alkyl halides is 2. The van der Waals surface area contributed by atoms with Crippen LogP contribution in [0, 0.1) is 5.92 Å². The maximum atomic E-state index is 13.1. The van der Waals surface area contributed by atoms with E-state index < -0.39 is 19.1 Å². The number of methoxy groups -OCH3 is 1. The summed E-state index contributed by atoms with van der Waals surface area (Å²) < 4.78 is 35.0. The monoisotopic (exact) mass is 432 g/mol. The highest BCUT2D eigenvalue weighted by Crippen LogP contribution is 2.37. The summed E-state index contributed by atoms with van der Waals surface area (Å²) in [5, 5.41) is 2.83. The minimum Gasteiger partial charge on any atom is -0.481 e. The van der Waals surface area contributed by atoms with Crippen LogP contribution in [0.2, 0.25) is 0 Å². The number of pyridine rings is 2. The number of nitrogens with one attached hydrogen (secondary N) is 1. The topological polar surface area (TPSA) is 93.7 Å². The molecule has 10 heteroatoms. The maximum Gasteiger partial charge on any atom is 0.272 e. The first kappa shape index (κ1) is 21.0. The molecule has 1 aliphatic heterocycles. The maximum absolute atomic E-state index is 13.1. The largest absolute Gasteiger partial charge is 0.481 e. The summed E-state index contributed by atoms with van der Waals surface area (Å²) in [7, 11) is 1.41. The second-order valence-corrected chi connectivity index (χ2v) is 7.51. The molecule has 2 aliphatic rings. The molecule has 2 aromatic heterocycles. The molecule has 1 N–H and O–H groups in total. The molecule has 1 aliphatic carbocycles. The highest BCUT2D eigenvalue weighted by atomic mass is 19.3. The molecule has 1 saturated carbocycles. The average Bonchev–Trinajstić information content (AvgIpc) is 3.56. The van der Waals surface area contributed by atoms with Crippen LogP contribution >= 0.6 is 0 Å². The summed E-state index contributed by atoms with van der Waals surface area (Å²) >= 11 is 0. The molecule has 3 heterocycles. The van der Waals surface area contributed by atoms with E-state index in [0.29, 0.717) is 22.5 Å². The predicted octanol–water partition coefficient (Wildman–Crippen LogP) is 3.19. The Morgan fingerprint density at radius 1 is 1.32 bits per heavy atom. The molecule has 0 bridgehead atoms. The summed E-state index contributed by atoms with van der Waals surface area (Å²) in [4.78, 5) is 35.2. The van der Waals surface area contributed by atoms with Crippen LogP contribution in [0.3, 0.4) is 0 Å². The Kier molecular flexibility index (Phi) is 5.71. The number of carbonyl (C=O) groups excluding carboxylic acids is 2. The summed E-state index contributed by atoms with van der Waals surface area (Å²) in [5.74, 6) is 0.336. The summed E-state index contributed by atoms with van der Waals surface area (Å²) in [6, 6.07) is 4.31. The van der Waals surface area contributed by atoms with Gasteiger partial charge in [-0.05, 0) is 31.9 Å². The fourth-order valence-electron chi connectivity index (χ4n) is 3.55. The van der Waals surface area contributed by atoms with Gasteiger partial charge in [-0.1, -0.05) is 0 Å². The lowest BCUT2D eigenvalue weighted by Crippen LogP contribution is -2.27. The average molecular weight is 432 g/mol. The van der Waals surface area contributed by atoms with E-state index in [1.165, 1.54) is 19.4 Å². The van der Waals surface area contributed by atoms with Gasteiger partial charge in [0.15, 0.2) is 6.61 Å². The van der Waals surface area contributed by atoms with E-state index in [1.807, 2.05) is 6.92 Å². The van der Waals surface area contributed by atoms with Gasteiger partial charge in [-0.25, -0.2) is 13.8 Å². The minimum absolute atomic E-state index is 0.0124. The van der Waals surface area contributed by atoms with Crippen molar-refractivity contribution in [1.29, 1.82) is 0 Å². The normalized spacial score (nSPS) is 16.3. The van der Waals surface area contributed by atoms with E-state index in [2.05, 4.69) is 15.3 Å². The number of halogens is 2. The Morgan fingerprint density at radius 3 is 2.77 bits per heavy atom. The van der Waals surface area contributed by atoms with Crippen molar-refractivity contribution >= 4 is 17.6 Å². The number of fused-ring (bicyclic) bond motifs is 1. The second kappa shape index (κ2) is 8.44. The van der Waals surface area contributed by atoms with Gasteiger partial charge in [0.25, 0.3) is 12.3 Å². The highest BCUT2D eigenvalue weighted by molar-refractivity contribution is 6.02. The molecular formula is C21H22F2N4O4. The fourth-order valence-corrected chi connectivity index (χ4v) is 3.55. The SMILES string of the molecule is COc1nc(OCC(F)F)ccc1C(C)N1Cc2c(ccnc2NC(=O)C2CC2)C1=O. The summed E-state index contributed by atoms with van der Waals surface area (Å²) in [5.41, 5.74) is 1.75. The summed E-state index contributed by atoms with van der Waals surface area (Å²) in [6.07, 6.45) is 0.625. The molecule has 2 aromatic rings. The van der Waals surface area contributed by atoms with Gasteiger partial charge in [-0.15, -0.1) is 0 Å². The van der Waals surface area contributed by atoms with Crippen LogP contribution in [0.4, 0.5) is 14.6 Å². The van der Waals surface area contributed by atoms with Crippen molar-refractivity contribution in [3.05, 3.63) is 41.1 Å². The number of hydrogen-bond donors (Lipinski definition) is 1. The van der Waals surface area contributed by atoms with Crippen molar-refractivity contribution in [3.63, 3.8) is 0 Å². The van der Waals surface area contributed by atoms with E-state index in [9.17, 15) is 18.4 Å². The molecule has 2 amide bonds. The molecule has 1 unspecified atom stereocenters. The van der Waals surface area contributed by atoms with Crippen LogP contribution in [0.15, 0.2) is 24.4 Å². The number of anilines is 1. The smallest absolute Gasteiger partial charge is 0.272 e. The van der Waals surface area contributed by atoms with Gasteiger partial charge < -0.3 is 19.7 Å². The van der Waals surface area contributed by atoms with Crippen LogP contribution in [-0.4, -0.2) is 46.8 Å². The Labute approximate surface area is 177 Å². The third-order valence-corrected chi connectivity index (χ3v) is 5.40. The molecule has 4 rings (SSSR count). The van der Waals surface area contributed by atoms with Crippen molar-refractivity contribution in [2.45, 2.75) is 38.8 Å². The second-order valence-electron chi connectivity index (χ2n) is 7.51. The van der Waals surface area contributed by atoms with Crippen molar-refractivity contribution < 1.29 is 27.8 Å². The third-order valence-electron chi connectivity index (χ3n) is 5.40. The van der Waals surface area contributed by atoms with E-state index in [0.717, 1.165) is 12.8 Å². The van der Waals surface area contributed by atoms with Crippen LogP contribution in [0.5, 0.6) is 11.8 Å². The zero-order chi connectivity index (χ0) is 22.1. The van der Waals surface area contributed by atoms with Crippen molar-refractivity contribution in [2.75, 3.05) is 19.0 Å². The standard InChI is InChI=1S/C21H22F2N4O4/c1-11(13-5-6-17(25-20(13)30-2)31-10-16(22)23)27-9-15-14(21(27)29)7-8-24-18(15)26-19(28)12-3-4-12/h5-8,11-12,16H,3-4,9-10H2,1-2H3,(H,24,26,28). The number of aromatic nitrogens is 2. The molecule has 0 saturated heterocycles. The zero-order valence-electron chi connectivity index (χ0n) is 17.1. The van der Waals surface area contributed by atoms with Crippen molar-refractivity contribution in [3.8, 4) is 11.8 Å². The van der Waals surface area contributed by atoms with Gasteiger partial charge in [0.2, 0.25) is 17.7 Å². The lowest BCUT2D eigenvalue weighted by molar-refractivity contribution is -0.117. The van der Waals surface area contributed by atoms with Crippen LogP contribution in [0.25, 0.3) is 0 Å². The van der Waals surface area contributed by atoms with E-state index in [-0.39, 0.29) is 36.0 Å². The molecule has 8 nitrogen and oxygen atoms in total.